The van der Waals surface area contributed by atoms with Crippen molar-refractivity contribution < 1.29 is 14.3 Å². The molecule has 0 aliphatic carbocycles. The van der Waals surface area contributed by atoms with Crippen molar-refractivity contribution in [2.24, 2.45) is 0 Å². The van der Waals surface area contributed by atoms with Gasteiger partial charge < -0.3 is 14.8 Å². The number of carbonyl (C=O) groups excluding carboxylic acids is 1. The molecule has 1 aliphatic rings. The van der Waals surface area contributed by atoms with Crippen molar-refractivity contribution in [3.05, 3.63) is 64.7 Å². The number of aromatic nitrogens is 1. The molecule has 6 heteroatoms. The van der Waals surface area contributed by atoms with Crippen LogP contribution in [0.15, 0.2) is 48.5 Å². The number of para-hydroxylation sites is 1. The number of ether oxygens (including phenoxy) is 2. The molecule has 4 rings (SSSR count). The summed E-state index contributed by atoms with van der Waals surface area (Å²) in [4.78, 5) is 18.1. The van der Waals surface area contributed by atoms with Crippen molar-refractivity contribution in [3.8, 4) is 22.1 Å². The van der Waals surface area contributed by atoms with Gasteiger partial charge >= 0.3 is 0 Å². The number of methoxy groups -OCH3 is 1. The van der Waals surface area contributed by atoms with Gasteiger partial charge in [0.15, 0.2) is 0 Å². The van der Waals surface area contributed by atoms with Crippen molar-refractivity contribution in [3.63, 3.8) is 0 Å². The molecule has 138 valence electrons. The van der Waals surface area contributed by atoms with E-state index in [4.69, 9.17) is 9.47 Å². The van der Waals surface area contributed by atoms with Crippen molar-refractivity contribution in [2.75, 3.05) is 13.7 Å². The molecule has 0 unspecified atom stereocenters. The van der Waals surface area contributed by atoms with Gasteiger partial charge in [0.05, 0.1) is 25.5 Å². The van der Waals surface area contributed by atoms with Crippen molar-refractivity contribution in [1.82, 2.24) is 10.3 Å². The van der Waals surface area contributed by atoms with E-state index in [9.17, 15) is 4.79 Å². The molecule has 0 spiro atoms. The number of hydrogen-bond donors (Lipinski definition) is 1. The van der Waals surface area contributed by atoms with E-state index >= 15 is 0 Å². The SMILES string of the molecule is COc1ccc(-c2nc(C)c(C(=O)N[C@H]3CCOc4ccccc43)s2)cc1. The largest absolute Gasteiger partial charge is 0.497 e. The van der Waals surface area contributed by atoms with Gasteiger partial charge in [0, 0.05) is 17.5 Å². The molecule has 2 heterocycles. The van der Waals surface area contributed by atoms with Gasteiger partial charge in [-0.05, 0) is 37.3 Å². The van der Waals surface area contributed by atoms with E-state index < -0.39 is 0 Å². The van der Waals surface area contributed by atoms with Gasteiger partial charge in [-0.3, -0.25) is 4.79 Å². The van der Waals surface area contributed by atoms with Gasteiger partial charge in [0.25, 0.3) is 5.91 Å². The van der Waals surface area contributed by atoms with Crippen LogP contribution < -0.4 is 14.8 Å². The van der Waals surface area contributed by atoms with Gasteiger partial charge in [-0.25, -0.2) is 4.98 Å². The van der Waals surface area contributed by atoms with Crippen LogP contribution in [-0.2, 0) is 0 Å². The van der Waals surface area contributed by atoms with Crippen LogP contribution in [0.4, 0.5) is 0 Å². The summed E-state index contributed by atoms with van der Waals surface area (Å²) in [5, 5.41) is 3.97. The number of nitrogens with one attached hydrogen (secondary N) is 1. The minimum Gasteiger partial charge on any atom is -0.497 e. The van der Waals surface area contributed by atoms with Gasteiger partial charge in [-0.2, -0.15) is 0 Å². The van der Waals surface area contributed by atoms with E-state index in [1.54, 1.807) is 7.11 Å². The summed E-state index contributed by atoms with van der Waals surface area (Å²) >= 11 is 1.41. The predicted octanol–water partition coefficient (Wildman–Crippen LogP) is 4.38. The molecule has 1 atom stereocenters. The lowest BCUT2D eigenvalue weighted by molar-refractivity contribution is 0.0928. The first kappa shape index (κ1) is 17.5. The summed E-state index contributed by atoms with van der Waals surface area (Å²) in [6.45, 7) is 2.47. The first-order valence-corrected chi connectivity index (χ1v) is 9.62. The normalized spacial score (nSPS) is 15.6. The Labute approximate surface area is 162 Å². The Kier molecular flexibility index (Phi) is 4.81. The fraction of sp³-hybridized carbons (Fsp3) is 0.238. The molecule has 0 saturated heterocycles. The van der Waals surface area contributed by atoms with Crippen LogP contribution in [0.1, 0.15) is 33.4 Å². The van der Waals surface area contributed by atoms with Gasteiger partial charge in [-0.1, -0.05) is 18.2 Å². The molecule has 0 saturated carbocycles. The number of rotatable bonds is 4. The molecule has 0 radical (unpaired) electrons. The van der Waals surface area contributed by atoms with Crippen LogP contribution in [0.25, 0.3) is 10.6 Å². The number of fused-ring (bicyclic) bond motifs is 1. The Hall–Kier alpha value is -2.86. The zero-order chi connectivity index (χ0) is 18.8. The number of amides is 1. The number of carbonyl (C=O) groups is 1. The Balaban J connectivity index is 1.55. The number of aryl methyl sites for hydroxylation is 1. The maximum absolute atomic E-state index is 12.9. The molecular weight excluding hydrogens is 360 g/mol. The lowest BCUT2D eigenvalue weighted by atomic mass is 10.0. The maximum atomic E-state index is 12.9. The second-order valence-corrected chi connectivity index (χ2v) is 7.36. The van der Waals surface area contributed by atoms with Crippen LogP contribution in [-0.4, -0.2) is 24.6 Å². The fourth-order valence-electron chi connectivity index (χ4n) is 3.18. The van der Waals surface area contributed by atoms with E-state index in [1.807, 2.05) is 55.5 Å². The van der Waals surface area contributed by atoms with Crippen molar-refractivity contribution in [2.45, 2.75) is 19.4 Å². The fourth-order valence-corrected chi connectivity index (χ4v) is 4.15. The molecule has 1 aromatic heterocycles. The maximum Gasteiger partial charge on any atom is 0.263 e. The number of nitrogens with zero attached hydrogens (tertiary/aromatic N) is 1. The topological polar surface area (TPSA) is 60.5 Å². The second-order valence-electron chi connectivity index (χ2n) is 6.36. The van der Waals surface area contributed by atoms with Crippen LogP contribution in [0, 0.1) is 6.92 Å². The van der Waals surface area contributed by atoms with E-state index in [-0.39, 0.29) is 11.9 Å². The summed E-state index contributed by atoms with van der Waals surface area (Å²) in [7, 11) is 1.64. The molecule has 0 fully saturated rings. The number of benzene rings is 2. The lowest BCUT2D eigenvalue weighted by Crippen LogP contribution is -2.32. The van der Waals surface area contributed by atoms with Gasteiger partial charge in [-0.15, -0.1) is 11.3 Å². The Morgan fingerprint density at radius 1 is 1.22 bits per heavy atom. The highest BCUT2D eigenvalue weighted by Crippen LogP contribution is 2.33. The van der Waals surface area contributed by atoms with Crippen molar-refractivity contribution in [1.29, 1.82) is 0 Å². The third-order valence-electron chi connectivity index (χ3n) is 4.60. The summed E-state index contributed by atoms with van der Waals surface area (Å²) in [5.74, 6) is 1.55. The Morgan fingerprint density at radius 2 is 2.00 bits per heavy atom. The highest BCUT2D eigenvalue weighted by Gasteiger charge is 2.25. The average molecular weight is 380 g/mol. The van der Waals surface area contributed by atoms with E-state index in [0.717, 1.165) is 39.7 Å². The molecule has 1 amide bonds. The average Bonchev–Trinajstić information content (AvgIpc) is 3.10. The monoisotopic (exact) mass is 380 g/mol. The highest BCUT2D eigenvalue weighted by molar-refractivity contribution is 7.17. The Morgan fingerprint density at radius 3 is 2.78 bits per heavy atom. The Bertz CT molecular complexity index is 966. The molecule has 5 nitrogen and oxygen atoms in total. The van der Waals surface area contributed by atoms with Crippen LogP contribution in [0.2, 0.25) is 0 Å². The number of hydrogen-bond acceptors (Lipinski definition) is 5. The zero-order valence-corrected chi connectivity index (χ0v) is 16.0. The molecular formula is C21H20N2O3S. The van der Waals surface area contributed by atoms with Crippen LogP contribution >= 0.6 is 11.3 Å². The molecule has 27 heavy (non-hydrogen) atoms. The smallest absolute Gasteiger partial charge is 0.263 e. The molecule has 1 aliphatic heterocycles. The summed E-state index contributed by atoms with van der Waals surface area (Å²) in [6.07, 6.45) is 0.756. The van der Waals surface area contributed by atoms with Crippen molar-refractivity contribution >= 4 is 17.2 Å². The molecule has 1 N–H and O–H groups in total. The standard InChI is InChI=1S/C21H20N2O3S/c1-13-19(27-21(22-13)14-7-9-15(25-2)10-8-14)20(24)23-17-11-12-26-18-6-4-3-5-16(17)18/h3-10,17H,11-12H2,1-2H3,(H,23,24)/t17-/m0/s1. The first-order chi connectivity index (χ1) is 13.2. The lowest BCUT2D eigenvalue weighted by Gasteiger charge is -2.26. The third-order valence-corrected chi connectivity index (χ3v) is 5.81. The molecule has 0 bridgehead atoms. The van der Waals surface area contributed by atoms with E-state index in [2.05, 4.69) is 10.3 Å². The summed E-state index contributed by atoms with van der Waals surface area (Å²) in [6, 6.07) is 15.5. The van der Waals surface area contributed by atoms with Gasteiger partial charge in [0.1, 0.15) is 21.4 Å². The minimum atomic E-state index is -0.0912. The second kappa shape index (κ2) is 7.40. The minimum absolute atomic E-state index is 0.0478. The number of thiazole rings is 1. The first-order valence-electron chi connectivity index (χ1n) is 8.80. The summed E-state index contributed by atoms with van der Waals surface area (Å²) in [5.41, 5.74) is 2.73. The van der Waals surface area contributed by atoms with E-state index in [1.165, 1.54) is 11.3 Å². The quantitative estimate of drug-likeness (QED) is 0.730. The highest BCUT2D eigenvalue weighted by atomic mass is 32.1. The molecule has 3 aromatic rings. The van der Waals surface area contributed by atoms with E-state index in [0.29, 0.717) is 11.5 Å². The van der Waals surface area contributed by atoms with Crippen LogP contribution in [0.5, 0.6) is 11.5 Å². The summed E-state index contributed by atoms with van der Waals surface area (Å²) < 4.78 is 10.9. The molecule has 2 aromatic carbocycles. The van der Waals surface area contributed by atoms with Gasteiger partial charge in [0.2, 0.25) is 0 Å². The predicted molar refractivity (Wildman–Crippen MR) is 106 cm³/mol. The zero-order valence-electron chi connectivity index (χ0n) is 15.2. The third kappa shape index (κ3) is 3.53. The van der Waals surface area contributed by atoms with Crippen LogP contribution in [0.3, 0.4) is 0 Å².